The fourth-order valence-corrected chi connectivity index (χ4v) is 5.88. The van der Waals surface area contributed by atoms with Crippen molar-refractivity contribution < 1.29 is 12.8 Å². The maximum Gasteiger partial charge on any atom is 0.218 e. The van der Waals surface area contributed by atoms with E-state index >= 15 is 0 Å². The minimum atomic E-state index is -3.30. The van der Waals surface area contributed by atoms with Gasteiger partial charge in [-0.15, -0.1) is 0 Å². The number of pyridine rings is 1. The third-order valence-corrected chi connectivity index (χ3v) is 7.67. The molecule has 1 aliphatic heterocycles. The molecule has 0 saturated carbocycles. The van der Waals surface area contributed by atoms with Gasteiger partial charge < -0.3 is 10.3 Å². The summed E-state index contributed by atoms with van der Waals surface area (Å²) < 4.78 is 41.1. The van der Waals surface area contributed by atoms with Crippen molar-refractivity contribution in [3.8, 4) is 11.4 Å². The SMILES string of the molecule is CCCS(=O)(=O)N1CCCC[C@@H]1CNc1cc(F)nc(-c2c[nH]c3ncc(Cl)cc23)n1. The van der Waals surface area contributed by atoms with Crippen LogP contribution in [0.25, 0.3) is 22.4 Å². The fraction of sp³-hybridized carbons (Fsp3) is 0.450. The molecule has 8 nitrogen and oxygen atoms in total. The number of halogens is 2. The minimum absolute atomic E-state index is 0.132. The van der Waals surface area contributed by atoms with Crippen molar-refractivity contribution >= 4 is 38.5 Å². The van der Waals surface area contributed by atoms with Crippen LogP contribution in [0.15, 0.2) is 24.5 Å². The number of aromatic amines is 1. The smallest absolute Gasteiger partial charge is 0.218 e. The van der Waals surface area contributed by atoms with Crippen molar-refractivity contribution in [2.75, 3.05) is 24.2 Å². The summed E-state index contributed by atoms with van der Waals surface area (Å²) in [5, 5.41) is 4.25. The van der Waals surface area contributed by atoms with Crippen molar-refractivity contribution in [1.82, 2.24) is 24.2 Å². The van der Waals surface area contributed by atoms with Gasteiger partial charge in [0, 0.05) is 48.5 Å². The number of H-pyrrole nitrogens is 1. The highest BCUT2D eigenvalue weighted by Crippen LogP contribution is 2.28. The number of anilines is 1. The highest BCUT2D eigenvalue weighted by Gasteiger charge is 2.31. The molecule has 1 fully saturated rings. The van der Waals surface area contributed by atoms with Crippen molar-refractivity contribution in [2.45, 2.75) is 38.6 Å². The van der Waals surface area contributed by atoms with Gasteiger partial charge in [-0.1, -0.05) is 24.9 Å². The van der Waals surface area contributed by atoms with Crippen LogP contribution in [-0.2, 0) is 10.0 Å². The van der Waals surface area contributed by atoms with Crippen molar-refractivity contribution in [3.63, 3.8) is 0 Å². The van der Waals surface area contributed by atoms with Crippen LogP contribution in [0, 0.1) is 5.95 Å². The molecular weight excluding hydrogens is 443 g/mol. The molecular formula is C20H24ClFN6O2S. The second-order valence-electron chi connectivity index (χ2n) is 7.61. The van der Waals surface area contributed by atoms with Gasteiger partial charge in [-0.05, 0) is 25.3 Å². The molecule has 0 bridgehead atoms. The highest BCUT2D eigenvalue weighted by atomic mass is 35.5. The van der Waals surface area contributed by atoms with Gasteiger partial charge >= 0.3 is 0 Å². The van der Waals surface area contributed by atoms with Gasteiger partial charge in [0.1, 0.15) is 11.5 Å². The molecule has 0 unspecified atom stereocenters. The summed E-state index contributed by atoms with van der Waals surface area (Å²) in [6.07, 6.45) is 6.31. The standard InChI is InChI=1S/C20H24ClFN6O2S/c1-2-7-31(29,30)28-6-4-3-5-14(28)11-23-18-9-17(22)26-20(27-18)16-12-25-19-15(16)8-13(21)10-24-19/h8-10,12,14H,2-7,11H2,1H3,(H,24,25)(H,23,26,27)/t14-/m1/s1. The van der Waals surface area contributed by atoms with E-state index in [9.17, 15) is 12.8 Å². The zero-order chi connectivity index (χ0) is 22.0. The number of aromatic nitrogens is 4. The quantitative estimate of drug-likeness (QED) is 0.513. The molecule has 3 aromatic rings. The van der Waals surface area contributed by atoms with Crippen molar-refractivity contribution in [2.24, 2.45) is 0 Å². The van der Waals surface area contributed by atoms with Crippen LogP contribution in [0.1, 0.15) is 32.6 Å². The van der Waals surface area contributed by atoms with Gasteiger partial charge in [-0.25, -0.2) is 18.4 Å². The van der Waals surface area contributed by atoms with E-state index in [1.807, 2.05) is 6.92 Å². The number of fused-ring (bicyclic) bond motifs is 1. The maximum absolute atomic E-state index is 14.3. The molecule has 2 N–H and O–H groups in total. The number of hydrogen-bond acceptors (Lipinski definition) is 6. The number of piperidine rings is 1. The molecule has 3 aromatic heterocycles. The molecule has 1 aliphatic rings. The largest absolute Gasteiger partial charge is 0.368 e. The van der Waals surface area contributed by atoms with E-state index in [-0.39, 0.29) is 17.6 Å². The first-order valence-electron chi connectivity index (χ1n) is 10.3. The Morgan fingerprint density at radius 2 is 2.16 bits per heavy atom. The lowest BCUT2D eigenvalue weighted by Crippen LogP contribution is -2.47. The number of rotatable bonds is 7. The Balaban J connectivity index is 1.57. The average molecular weight is 467 g/mol. The highest BCUT2D eigenvalue weighted by molar-refractivity contribution is 7.89. The van der Waals surface area contributed by atoms with Crippen molar-refractivity contribution in [3.05, 3.63) is 35.5 Å². The van der Waals surface area contributed by atoms with E-state index in [2.05, 4.69) is 25.3 Å². The predicted octanol–water partition coefficient (Wildman–Crippen LogP) is 3.82. The molecule has 0 aromatic carbocycles. The Labute approximate surface area is 185 Å². The summed E-state index contributed by atoms with van der Waals surface area (Å²) in [4.78, 5) is 15.6. The van der Waals surface area contributed by atoms with E-state index < -0.39 is 16.0 Å². The molecule has 4 heterocycles. The third kappa shape index (κ3) is 4.81. The third-order valence-electron chi connectivity index (χ3n) is 5.34. The second kappa shape index (κ2) is 9.05. The summed E-state index contributed by atoms with van der Waals surface area (Å²) >= 11 is 6.05. The Kier molecular flexibility index (Phi) is 6.40. The van der Waals surface area contributed by atoms with Crippen LogP contribution < -0.4 is 5.32 Å². The van der Waals surface area contributed by atoms with Crippen LogP contribution in [0.4, 0.5) is 10.2 Å². The number of nitrogens with zero attached hydrogens (tertiary/aromatic N) is 4. The normalized spacial score (nSPS) is 17.8. The molecule has 0 spiro atoms. The van der Waals surface area contributed by atoms with Gasteiger partial charge in [0.25, 0.3) is 0 Å². The Morgan fingerprint density at radius 1 is 1.32 bits per heavy atom. The van der Waals surface area contributed by atoms with E-state index in [1.54, 1.807) is 16.6 Å². The number of hydrogen-bond donors (Lipinski definition) is 2. The lowest BCUT2D eigenvalue weighted by atomic mass is 10.1. The summed E-state index contributed by atoms with van der Waals surface area (Å²) in [5.74, 6) is -0.0643. The zero-order valence-electron chi connectivity index (χ0n) is 17.1. The van der Waals surface area contributed by atoms with Crippen LogP contribution in [-0.4, -0.2) is 57.5 Å². The molecule has 11 heteroatoms. The van der Waals surface area contributed by atoms with E-state index in [4.69, 9.17) is 11.6 Å². The second-order valence-corrected chi connectivity index (χ2v) is 10.1. The fourth-order valence-electron chi connectivity index (χ4n) is 3.93. The van der Waals surface area contributed by atoms with Gasteiger partial charge in [0.15, 0.2) is 5.82 Å². The summed E-state index contributed by atoms with van der Waals surface area (Å²) in [6.45, 7) is 2.72. The van der Waals surface area contributed by atoms with E-state index in [0.717, 1.165) is 19.3 Å². The Morgan fingerprint density at radius 3 is 2.97 bits per heavy atom. The lowest BCUT2D eigenvalue weighted by molar-refractivity contribution is 0.261. The summed E-state index contributed by atoms with van der Waals surface area (Å²) in [6, 6.07) is 2.73. The molecule has 1 atom stereocenters. The first-order valence-corrected chi connectivity index (χ1v) is 12.3. The summed E-state index contributed by atoms with van der Waals surface area (Å²) in [5.41, 5.74) is 1.18. The maximum atomic E-state index is 14.3. The number of sulfonamides is 1. The van der Waals surface area contributed by atoms with Gasteiger partial charge in [-0.2, -0.15) is 13.7 Å². The number of nitrogens with one attached hydrogen (secondary N) is 2. The van der Waals surface area contributed by atoms with Gasteiger partial charge in [0.05, 0.1) is 10.8 Å². The first kappa shape index (κ1) is 21.9. The van der Waals surface area contributed by atoms with Crippen LogP contribution in [0.2, 0.25) is 5.02 Å². The van der Waals surface area contributed by atoms with Crippen LogP contribution in [0.5, 0.6) is 0 Å². The molecule has 4 rings (SSSR count). The molecule has 0 amide bonds. The Bertz CT molecular complexity index is 1190. The summed E-state index contributed by atoms with van der Waals surface area (Å²) in [7, 11) is -3.30. The predicted molar refractivity (Wildman–Crippen MR) is 119 cm³/mol. The van der Waals surface area contributed by atoms with Crippen molar-refractivity contribution in [1.29, 1.82) is 0 Å². The van der Waals surface area contributed by atoms with E-state index in [1.165, 1.54) is 12.3 Å². The first-order chi connectivity index (χ1) is 14.9. The molecule has 0 radical (unpaired) electrons. The lowest BCUT2D eigenvalue weighted by Gasteiger charge is -2.34. The average Bonchev–Trinajstić information content (AvgIpc) is 3.15. The van der Waals surface area contributed by atoms with Gasteiger partial charge in [0.2, 0.25) is 16.0 Å². The monoisotopic (exact) mass is 466 g/mol. The Hall–Kier alpha value is -2.30. The van der Waals surface area contributed by atoms with Gasteiger partial charge in [-0.3, -0.25) is 0 Å². The van der Waals surface area contributed by atoms with Crippen LogP contribution >= 0.6 is 11.6 Å². The molecule has 31 heavy (non-hydrogen) atoms. The molecule has 1 saturated heterocycles. The van der Waals surface area contributed by atoms with Crippen LogP contribution in [0.3, 0.4) is 0 Å². The zero-order valence-corrected chi connectivity index (χ0v) is 18.7. The topological polar surface area (TPSA) is 104 Å². The minimum Gasteiger partial charge on any atom is -0.368 e. The molecule has 0 aliphatic carbocycles. The molecule has 166 valence electrons. The van der Waals surface area contributed by atoms with E-state index in [0.29, 0.717) is 46.9 Å².